The molecule has 2 amide bonds. The first-order valence-electron chi connectivity index (χ1n) is 6.55. The molecule has 1 fully saturated rings. The maximum Gasteiger partial charge on any atom is 0.333 e. The molecule has 1 aliphatic rings. The molecule has 6 nitrogen and oxygen atoms in total. The quantitative estimate of drug-likeness (QED) is 0.810. The van der Waals surface area contributed by atoms with Gasteiger partial charge in [-0.2, -0.15) is 0 Å². The maximum absolute atomic E-state index is 13.5. The fraction of sp³-hybridized carbons (Fsp3) is 0.357. The van der Waals surface area contributed by atoms with Crippen molar-refractivity contribution < 1.29 is 23.5 Å². The van der Waals surface area contributed by atoms with Gasteiger partial charge in [0.1, 0.15) is 11.9 Å². The molecule has 0 bridgehead atoms. The lowest BCUT2D eigenvalue weighted by Crippen LogP contribution is -2.45. The van der Waals surface area contributed by atoms with Crippen molar-refractivity contribution in [2.24, 2.45) is 0 Å². The van der Waals surface area contributed by atoms with Crippen LogP contribution in [0.4, 0.5) is 4.39 Å². The Morgan fingerprint density at radius 3 is 2.77 bits per heavy atom. The highest BCUT2D eigenvalue weighted by molar-refractivity contribution is 6.30. The van der Waals surface area contributed by atoms with E-state index in [4.69, 9.17) is 11.6 Å². The first-order valence-corrected chi connectivity index (χ1v) is 6.92. The van der Waals surface area contributed by atoms with Crippen molar-refractivity contribution >= 4 is 29.4 Å². The van der Waals surface area contributed by atoms with E-state index < -0.39 is 29.8 Å². The van der Waals surface area contributed by atoms with Crippen LogP contribution in [0, 0.1) is 5.82 Å². The Balaban J connectivity index is 2.19. The molecule has 2 atom stereocenters. The molecule has 2 N–H and O–H groups in total. The van der Waals surface area contributed by atoms with Crippen LogP contribution in [0.25, 0.3) is 0 Å². The molecule has 0 aliphatic carbocycles. The Kier molecular flexibility index (Phi) is 4.97. The summed E-state index contributed by atoms with van der Waals surface area (Å²) in [4.78, 5) is 35.1. The molecule has 8 heteroatoms. The first-order chi connectivity index (χ1) is 10.4. The van der Waals surface area contributed by atoms with E-state index >= 15 is 0 Å². The van der Waals surface area contributed by atoms with Crippen molar-refractivity contribution in [2.75, 3.05) is 7.11 Å². The van der Waals surface area contributed by atoms with Crippen molar-refractivity contribution in [3.63, 3.8) is 0 Å². The fourth-order valence-corrected chi connectivity index (χ4v) is 2.26. The summed E-state index contributed by atoms with van der Waals surface area (Å²) in [5.41, 5.74) is 0.200. The van der Waals surface area contributed by atoms with Crippen LogP contribution >= 0.6 is 11.6 Å². The Labute approximate surface area is 131 Å². The third-order valence-electron chi connectivity index (χ3n) is 3.31. The highest BCUT2D eigenvalue weighted by atomic mass is 35.5. The summed E-state index contributed by atoms with van der Waals surface area (Å²) in [6.45, 7) is 0. The largest absolute Gasteiger partial charge is 0.467 e. The molecule has 22 heavy (non-hydrogen) atoms. The summed E-state index contributed by atoms with van der Waals surface area (Å²) in [6.07, 6.45) is 0.587. The molecule has 2 rings (SSSR count). The SMILES string of the molecule is COC(=O)[C@@H](NC(=O)[C@H]1CCC(=O)N1)c1ccc(Cl)c(F)c1. The number of hydrogen-bond donors (Lipinski definition) is 2. The minimum absolute atomic E-state index is 0.0956. The van der Waals surface area contributed by atoms with Crippen LogP contribution in [0.1, 0.15) is 24.4 Å². The van der Waals surface area contributed by atoms with Crippen LogP contribution in [0.2, 0.25) is 5.02 Å². The zero-order chi connectivity index (χ0) is 16.3. The second-order valence-corrected chi connectivity index (χ2v) is 5.20. The van der Waals surface area contributed by atoms with Crippen LogP contribution in [-0.2, 0) is 19.1 Å². The highest BCUT2D eigenvalue weighted by Gasteiger charge is 2.31. The normalized spacial score (nSPS) is 18.5. The van der Waals surface area contributed by atoms with Gasteiger partial charge in [0.25, 0.3) is 0 Å². The summed E-state index contributed by atoms with van der Waals surface area (Å²) >= 11 is 5.60. The smallest absolute Gasteiger partial charge is 0.333 e. The van der Waals surface area contributed by atoms with Gasteiger partial charge in [-0.15, -0.1) is 0 Å². The van der Waals surface area contributed by atoms with Crippen molar-refractivity contribution in [2.45, 2.75) is 24.9 Å². The predicted octanol–water partition coefficient (Wildman–Crippen LogP) is 1.09. The molecular weight excluding hydrogens is 315 g/mol. The van der Waals surface area contributed by atoms with Gasteiger partial charge in [0.15, 0.2) is 6.04 Å². The number of carbonyl (C=O) groups excluding carboxylic acids is 3. The van der Waals surface area contributed by atoms with E-state index in [1.165, 1.54) is 12.1 Å². The van der Waals surface area contributed by atoms with Crippen LogP contribution in [0.5, 0.6) is 0 Å². The average Bonchev–Trinajstić information content (AvgIpc) is 2.93. The van der Waals surface area contributed by atoms with Crippen LogP contribution in [0.15, 0.2) is 18.2 Å². The third-order valence-corrected chi connectivity index (χ3v) is 3.62. The Morgan fingerprint density at radius 2 is 2.23 bits per heavy atom. The Morgan fingerprint density at radius 1 is 1.50 bits per heavy atom. The first kappa shape index (κ1) is 16.2. The van der Waals surface area contributed by atoms with E-state index in [1.807, 2.05) is 0 Å². The van der Waals surface area contributed by atoms with Crippen LogP contribution < -0.4 is 10.6 Å². The average molecular weight is 329 g/mol. The molecule has 1 saturated heterocycles. The molecule has 1 aromatic rings. The van der Waals surface area contributed by atoms with Crippen molar-refractivity contribution in [3.05, 3.63) is 34.6 Å². The van der Waals surface area contributed by atoms with Gasteiger partial charge in [-0.1, -0.05) is 17.7 Å². The molecule has 0 saturated carbocycles. The summed E-state index contributed by atoms with van der Waals surface area (Å²) < 4.78 is 18.2. The predicted molar refractivity (Wildman–Crippen MR) is 75.5 cm³/mol. The number of rotatable bonds is 4. The molecular formula is C14H14ClFN2O4. The van der Waals surface area contributed by atoms with Gasteiger partial charge >= 0.3 is 5.97 Å². The van der Waals surface area contributed by atoms with Crippen molar-refractivity contribution in [1.82, 2.24) is 10.6 Å². The van der Waals surface area contributed by atoms with Crippen LogP contribution in [0.3, 0.4) is 0 Å². The number of hydrogen-bond acceptors (Lipinski definition) is 4. The number of methoxy groups -OCH3 is 1. The van der Waals surface area contributed by atoms with E-state index in [1.54, 1.807) is 0 Å². The number of benzene rings is 1. The van der Waals surface area contributed by atoms with Gasteiger partial charge in [0.05, 0.1) is 12.1 Å². The monoisotopic (exact) mass is 328 g/mol. The van der Waals surface area contributed by atoms with E-state index in [2.05, 4.69) is 15.4 Å². The molecule has 0 aromatic heterocycles. The summed E-state index contributed by atoms with van der Waals surface area (Å²) in [7, 11) is 1.16. The van der Waals surface area contributed by atoms with Gasteiger partial charge < -0.3 is 15.4 Å². The zero-order valence-electron chi connectivity index (χ0n) is 11.7. The Hall–Kier alpha value is -2.15. The van der Waals surface area contributed by atoms with Gasteiger partial charge in [-0.25, -0.2) is 9.18 Å². The minimum atomic E-state index is -1.18. The molecule has 118 valence electrons. The van der Waals surface area contributed by atoms with E-state index in [-0.39, 0.29) is 22.9 Å². The molecule has 1 aromatic carbocycles. The van der Waals surface area contributed by atoms with E-state index in [9.17, 15) is 18.8 Å². The molecule has 1 heterocycles. The second kappa shape index (κ2) is 6.74. The summed E-state index contributed by atoms with van der Waals surface area (Å²) in [5.74, 6) is -2.22. The number of ether oxygens (including phenoxy) is 1. The lowest BCUT2D eigenvalue weighted by Gasteiger charge is -2.19. The standard InChI is InChI=1S/C14H14ClFN2O4/c1-22-14(21)12(7-2-3-8(15)9(16)6-7)18-13(20)10-4-5-11(19)17-10/h2-3,6,10,12H,4-5H2,1H3,(H,17,19)(H,18,20)/t10-,12+/m1/s1. The second-order valence-electron chi connectivity index (χ2n) is 4.80. The highest BCUT2D eigenvalue weighted by Crippen LogP contribution is 2.22. The molecule has 0 radical (unpaired) electrons. The van der Waals surface area contributed by atoms with Crippen molar-refractivity contribution in [1.29, 1.82) is 0 Å². The summed E-state index contributed by atoms with van der Waals surface area (Å²) in [5, 5.41) is 4.85. The number of nitrogens with one attached hydrogen (secondary N) is 2. The van der Waals surface area contributed by atoms with Crippen LogP contribution in [-0.4, -0.2) is 30.9 Å². The van der Waals surface area contributed by atoms with Gasteiger partial charge in [0, 0.05) is 6.42 Å². The lowest BCUT2D eigenvalue weighted by molar-refractivity contribution is -0.145. The maximum atomic E-state index is 13.5. The molecule has 1 aliphatic heterocycles. The number of halogens is 2. The minimum Gasteiger partial charge on any atom is -0.467 e. The number of carbonyl (C=O) groups is 3. The van der Waals surface area contributed by atoms with Crippen molar-refractivity contribution in [3.8, 4) is 0 Å². The third kappa shape index (κ3) is 3.54. The molecule has 0 spiro atoms. The van der Waals surface area contributed by atoms with Gasteiger partial charge in [-0.3, -0.25) is 9.59 Å². The number of amides is 2. The lowest BCUT2D eigenvalue weighted by atomic mass is 10.1. The topological polar surface area (TPSA) is 84.5 Å². The van der Waals surface area contributed by atoms with Gasteiger partial charge in [0.2, 0.25) is 11.8 Å². The summed E-state index contributed by atoms with van der Waals surface area (Å²) in [6, 6.07) is 1.86. The number of esters is 1. The molecule has 0 unspecified atom stereocenters. The van der Waals surface area contributed by atoms with E-state index in [0.29, 0.717) is 6.42 Å². The van der Waals surface area contributed by atoms with E-state index in [0.717, 1.165) is 13.2 Å². The van der Waals surface area contributed by atoms with Gasteiger partial charge in [-0.05, 0) is 24.1 Å². The fourth-order valence-electron chi connectivity index (χ4n) is 2.14. The zero-order valence-corrected chi connectivity index (χ0v) is 12.4. The Bertz CT molecular complexity index is 623.